The normalized spacial score (nSPS) is 11.5. The standard InChI is InChI=1S/C9H14SiTe/c1-10(2,3)11-9-7-5-4-6-8-9/h4-8H,1-3H3/q+1. The fraction of sp³-hybridized carbons (Fsp3) is 0.333. The van der Waals surface area contributed by atoms with E-state index in [1.165, 1.54) is 0 Å². The Morgan fingerprint density at radius 3 is 2.00 bits per heavy atom. The summed E-state index contributed by atoms with van der Waals surface area (Å²) in [5, 5.41) is 0. The van der Waals surface area contributed by atoms with Crippen LogP contribution in [0.3, 0.4) is 0 Å². The van der Waals surface area contributed by atoms with Gasteiger partial charge < -0.3 is 0 Å². The Balaban J connectivity index is 2.66. The molecule has 0 atom stereocenters. The van der Waals surface area contributed by atoms with Gasteiger partial charge in [-0.2, -0.15) is 0 Å². The van der Waals surface area contributed by atoms with Gasteiger partial charge in [-0.05, 0) is 0 Å². The molecule has 0 amide bonds. The molecule has 11 heavy (non-hydrogen) atoms. The van der Waals surface area contributed by atoms with Gasteiger partial charge in [-0.1, -0.05) is 0 Å². The van der Waals surface area contributed by atoms with Gasteiger partial charge in [-0.3, -0.25) is 0 Å². The van der Waals surface area contributed by atoms with E-state index < -0.39 is 5.62 Å². The van der Waals surface area contributed by atoms with Crippen LogP contribution >= 0.6 is 0 Å². The zero-order valence-corrected chi connectivity index (χ0v) is 10.6. The van der Waals surface area contributed by atoms with E-state index in [0.29, 0.717) is 0 Å². The molecule has 0 aliphatic rings. The average molecular weight is 278 g/mol. The van der Waals surface area contributed by atoms with Crippen LogP contribution in [0.25, 0.3) is 0 Å². The van der Waals surface area contributed by atoms with Crippen LogP contribution in [0.1, 0.15) is 0 Å². The molecule has 0 saturated heterocycles. The molecule has 0 heterocycles. The van der Waals surface area contributed by atoms with Gasteiger partial charge in [-0.15, -0.1) is 0 Å². The predicted molar refractivity (Wildman–Crippen MR) is 55.2 cm³/mol. The van der Waals surface area contributed by atoms with Crippen molar-refractivity contribution < 1.29 is 0 Å². The summed E-state index contributed by atoms with van der Waals surface area (Å²) in [6, 6.07) is 11.0. The fourth-order valence-corrected chi connectivity index (χ4v) is 9.35. The fourth-order valence-electron chi connectivity index (χ4n) is 0.842. The van der Waals surface area contributed by atoms with Crippen LogP contribution in [0.5, 0.6) is 0 Å². The molecule has 0 bridgehead atoms. The van der Waals surface area contributed by atoms with E-state index in [4.69, 9.17) is 0 Å². The molecule has 2 heteroatoms. The van der Waals surface area contributed by atoms with Gasteiger partial charge in [0, 0.05) is 0 Å². The Morgan fingerprint density at radius 1 is 1.00 bits per heavy atom. The van der Waals surface area contributed by atoms with Crippen LogP contribution in [0.2, 0.25) is 19.6 Å². The second kappa shape index (κ2) is 3.75. The summed E-state index contributed by atoms with van der Waals surface area (Å²) in [6.07, 6.45) is 0. The Labute approximate surface area is 79.2 Å². The monoisotopic (exact) mass is 280 g/mol. The van der Waals surface area contributed by atoms with Crippen LogP contribution in [-0.4, -0.2) is 25.8 Å². The average Bonchev–Trinajstić information content (AvgIpc) is 1.85. The van der Waals surface area contributed by atoms with Gasteiger partial charge in [0.05, 0.1) is 0 Å². The third kappa shape index (κ3) is 3.96. The van der Waals surface area contributed by atoms with E-state index in [1.807, 2.05) is 0 Å². The van der Waals surface area contributed by atoms with Crippen LogP contribution in [0, 0.1) is 0 Å². The second-order valence-corrected chi connectivity index (χ2v) is 21.5. The van der Waals surface area contributed by atoms with Crippen LogP contribution < -0.4 is 3.61 Å². The van der Waals surface area contributed by atoms with E-state index in [1.54, 1.807) is 3.61 Å². The van der Waals surface area contributed by atoms with E-state index in [-0.39, 0.29) is 20.1 Å². The van der Waals surface area contributed by atoms with Gasteiger partial charge in [0.25, 0.3) is 0 Å². The first-order valence-corrected chi connectivity index (χ1v) is 11.9. The Bertz CT molecular complexity index is 213. The quantitative estimate of drug-likeness (QED) is 0.724. The van der Waals surface area contributed by atoms with E-state index in [2.05, 4.69) is 50.0 Å². The molecule has 59 valence electrons. The van der Waals surface area contributed by atoms with Crippen LogP contribution in [-0.2, 0) is 0 Å². The third-order valence-corrected chi connectivity index (χ3v) is 10.1. The minimum absolute atomic E-state index is 0.145. The number of benzene rings is 1. The first-order chi connectivity index (χ1) is 5.08. The maximum atomic E-state index is 2.46. The predicted octanol–water partition coefficient (Wildman–Crippen LogP) is 1.85. The first-order valence-electron chi connectivity index (χ1n) is 3.82. The molecule has 0 aliphatic carbocycles. The molecule has 0 aliphatic heterocycles. The molecule has 0 aromatic heterocycles. The van der Waals surface area contributed by atoms with Crippen molar-refractivity contribution in [3.05, 3.63) is 30.3 Å². The topological polar surface area (TPSA) is 0 Å². The Morgan fingerprint density at radius 2 is 1.55 bits per heavy atom. The molecule has 1 aromatic carbocycles. The minimum atomic E-state index is -0.768. The molecule has 0 spiro atoms. The van der Waals surface area contributed by atoms with Crippen molar-refractivity contribution in [3.63, 3.8) is 0 Å². The van der Waals surface area contributed by atoms with Gasteiger partial charge in [-0.25, -0.2) is 0 Å². The van der Waals surface area contributed by atoms with E-state index in [0.717, 1.165) is 0 Å². The van der Waals surface area contributed by atoms with Crippen LogP contribution in [0.4, 0.5) is 0 Å². The van der Waals surface area contributed by atoms with Crippen molar-refractivity contribution in [2.24, 2.45) is 0 Å². The zero-order valence-electron chi connectivity index (χ0n) is 7.29. The Kier molecular flexibility index (Phi) is 3.18. The molecule has 1 aromatic rings. The van der Waals surface area contributed by atoms with Crippen molar-refractivity contribution >= 4 is 29.4 Å². The third-order valence-electron chi connectivity index (χ3n) is 1.17. The van der Waals surface area contributed by atoms with Crippen molar-refractivity contribution in [2.75, 3.05) is 0 Å². The van der Waals surface area contributed by atoms with E-state index >= 15 is 0 Å². The van der Waals surface area contributed by atoms with Gasteiger partial charge in [0.2, 0.25) is 0 Å². The van der Waals surface area contributed by atoms with Crippen molar-refractivity contribution in [3.8, 4) is 0 Å². The summed E-state index contributed by atoms with van der Waals surface area (Å²) in [5.74, 6) is 0. The van der Waals surface area contributed by atoms with Crippen molar-refractivity contribution in [1.82, 2.24) is 0 Å². The van der Waals surface area contributed by atoms with Gasteiger partial charge >= 0.3 is 79.3 Å². The number of hydrogen-bond donors (Lipinski definition) is 0. The Hall–Kier alpha value is 0.226. The SMILES string of the molecule is C[Si](C)(C)[Te+]c1ccccc1. The van der Waals surface area contributed by atoms with E-state index in [9.17, 15) is 0 Å². The van der Waals surface area contributed by atoms with Crippen molar-refractivity contribution in [1.29, 1.82) is 0 Å². The summed E-state index contributed by atoms with van der Waals surface area (Å²) < 4.78 is 1.62. The van der Waals surface area contributed by atoms with Crippen LogP contribution in [0.15, 0.2) is 30.3 Å². The van der Waals surface area contributed by atoms with Crippen molar-refractivity contribution in [2.45, 2.75) is 19.6 Å². The summed E-state index contributed by atoms with van der Waals surface area (Å²) in [4.78, 5) is 0. The molecular weight excluding hydrogens is 264 g/mol. The second-order valence-electron chi connectivity index (χ2n) is 3.53. The van der Waals surface area contributed by atoms with Gasteiger partial charge in [0.15, 0.2) is 0 Å². The summed E-state index contributed by atoms with van der Waals surface area (Å²) in [5.41, 5.74) is -0.768. The summed E-state index contributed by atoms with van der Waals surface area (Å²) in [7, 11) is 0. The number of rotatable bonds is 2. The molecular formula is C9H14SiTe+. The molecule has 0 unspecified atom stereocenters. The zero-order chi connectivity index (χ0) is 8.32. The molecule has 1 rings (SSSR count). The molecule has 0 fully saturated rings. The maximum absolute atomic E-state index is 2.46. The van der Waals surface area contributed by atoms with Gasteiger partial charge in [0.1, 0.15) is 0 Å². The first kappa shape index (κ1) is 9.32. The molecule has 0 N–H and O–H groups in total. The number of hydrogen-bond acceptors (Lipinski definition) is 0. The summed E-state index contributed by atoms with van der Waals surface area (Å²) >= 11 is 0.145. The summed E-state index contributed by atoms with van der Waals surface area (Å²) in [6.45, 7) is 7.38. The molecule has 0 saturated carbocycles. The molecule has 1 radical (unpaired) electrons. The molecule has 0 nitrogen and oxygen atoms in total.